The van der Waals surface area contributed by atoms with E-state index in [1.807, 2.05) is 6.07 Å². The van der Waals surface area contributed by atoms with Crippen molar-refractivity contribution < 1.29 is 13.2 Å². The maximum absolute atomic E-state index is 12.5. The Balaban J connectivity index is 2.44. The zero-order valence-corrected chi connectivity index (χ0v) is 8.55. The van der Waals surface area contributed by atoms with Crippen molar-refractivity contribution in [3.8, 4) is 17.2 Å². The van der Waals surface area contributed by atoms with Crippen molar-refractivity contribution in [1.29, 1.82) is 5.26 Å². The third-order valence-electron chi connectivity index (χ3n) is 2.33. The summed E-state index contributed by atoms with van der Waals surface area (Å²) in [5, 5.41) is 8.62. The summed E-state index contributed by atoms with van der Waals surface area (Å²) >= 11 is 0. The molecule has 0 spiro atoms. The Labute approximate surface area is 95.3 Å². The van der Waals surface area contributed by atoms with Crippen LogP contribution in [0.4, 0.5) is 13.2 Å². The topological polar surface area (TPSA) is 39.6 Å². The molecule has 0 aliphatic heterocycles. The molecule has 2 rings (SSSR count). The van der Waals surface area contributed by atoms with Gasteiger partial charge in [0, 0.05) is 11.8 Å². The Hall–Kier alpha value is -2.22. The van der Waals surface area contributed by atoms with E-state index in [0.717, 1.165) is 12.1 Å². The number of halogens is 3. The third-order valence-corrected chi connectivity index (χ3v) is 2.33. The van der Waals surface area contributed by atoms with E-state index in [2.05, 4.69) is 4.98 Å². The quantitative estimate of drug-likeness (QED) is 0.807. The van der Waals surface area contributed by atoms with Gasteiger partial charge in [-0.2, -0.15) is 18.4 Å². The lowest BCUT2D eigenvalue weighted by Gasteiger charge is -2.07. The van der Waals surface area contributed by atoms with E-state index in [0.29, 0.717) is 16.8 Å². The van der Waals surface area contributed by atoms with E-state index in [1.165, 1.54) is 18.3 Å². The molecule has 0 atom stereocenters. The molecule has 0 fully saturated rings. The van der Waals surface area contributed by atoms with E-state index in [9.17, 15) is 13.2 Å². The summed E-state index contributed by atoms with van der Waals surface area (Å²) in [4.78, 5) is 2.67. The van der Waals surface area contributed by atoms with Crippen LogP contribution < -0.4 is 0 Å². The molecule has 0 aliphatic rings. The van der Waals surface area contributed by atoms with Gasteiger partial charge in [0.15, 0.2) is 0 Å². The number of nitrogens with one attached hydrogen (secondary N) is 1. The molecule has 0 amide bonds. The predicted octanol–water partition coefficient (Wildman–Crippen LogP) is 3.57. The minimum absolute atomic E-state index is 0.317. The molecular weight excluding hydrogens is 229 g/mol. The number of H-pyrrole nitrogens is 1. The van der Waals surface area contributed by atoms with Crippen molar-refractivity contribution in [3.63, 3.8) is 0 Å². The van der Waals surface area contributed by atoms with Crippen LogP contribution >= 0.6 is 0 Å². The second kappa shape index (κ2) is 3.98. The molecule has 17 heavy (non-hydrogen) atoms. The van der Waals surface area contributed by atoms with Gasteiger partial charge in [-0.25, -0.2) is 0 Å². The standard InChI is InChI=1S/C12H7F3N2/c13-12(14,15)10-3-1-2-8(4-10)9-5-11(6-16)17-7-9/h1-5,7,17H. The lowest BCUT2D eigenvalue weighted by atomic mass is 10.1. The fourth-order valence-corrected chi connectivity index (χ4v) is 1.50. The van der Waals surface area contributed by atoms with Crippen LogP contribution in [-0.2, 0) is 6.18 Å². The first-order chi connectivity index (χ1) is 8.00. The Morgan fingerprint density at radius 3 is 2.47 bits per heavy atom. The minimum atomic E-state index is -4.36. The zero-order valence-electron chi connectivity index (χ0n) is 8.55. The van der Waals surface area contributed by atoms with Gasteiger partial charge in [-0.3, -0.25) is 0 Å². The van der Waals surface area contributed by atoms with Gasteiger partial charge in [0.25, 0.3) is 0 Å². The van der Waals surface area contributed by atoms with E-state index < -0.39 is 11.7 Å². The molecule has 1 aromatic carbocycles. The average Bonchev–Trinajstić information content (AvgIpc) is 2.76. The summed E-state index contributed by atoms with van der Waals surface area (Å²) < 4.78 is 37.5. The van der Waals surface area contributed by atoms with Gasteiger partial charge < -0.3 is 4.98 Å². The van der Waals surface area contributed by atoms with Crippen LogP contribution in [0.25, 0.3) is 11.1 Å². The molecule has 1 aromatic heterocycles. The van der Waals surface area contributed by atoms with Gasteiger partial charge in [-0.1, -0.05) is 12.1 Å². The number of alkyl halides is 3. The Kier molecular flexibility index (Phi) is 2.64. The molecule has 2 aromatic rings. The molecule has 0 radical (unpaired) electrons. The highest BCUT2D eigenvalue weighted by Crippen LogP contribution is 2.32. The first-order valence-corrected chi connectivity index (χ1v) is 4.77. The maximum atomic E-state index is 12.5. The second-order valence-corrected chi connectivity index (χ2v) is 3.49. The first-order valence-electron chi connectivity index (χ1n) is 4.77. The van der Waals surface area contributed by atoms with Crippen LogP contribution in [0.15, 0.2) is 36.5 Å². The summed E-state index contributed by atoms with van der Waals surface area (Å²) in [5.74, 6) is 0. The van der Waals surface area contributed by atoms with Crippen LogP contribution in [-0.4, -0.2) is 4.98 Å². The van der Waals surface area contributed by atoms with Crippen molar-refractivity contribution in [1.82, 2.24) is 4.98 Å². The monoisotopic (exact) mass is 236 g/mol. The third kappa shape index (κ3) is 2.31. The van der Waals surface area contributed by atoms with Crippen molar-refractivity contribution in [2.24, 2.45) is 0 Å². The van der Waals surface area contributed by atoms with Gasteiger partial charge in [-0.15, -0.1) is 0 Å². The summed E-state index contributed by atoms with van der Waals surface area (Å²) in [7, 11) is 0. The fraction of sp³-hybridized carbons (Fsp3) is 0.0833. The van der Waals surface area contributed by atoms with Gasteiger partial charge in [-0.05, 0) is 23.8 Å². The van der Waals surface area contributed by atoms with Crippen molar-refractivity contribution >= 4 is 0 Å². The molecule has 0 aliphatic carbocycles. The highest BCUT2D eigenvalue weighted by Gasteiger charge is 2.30. The number of aromatic nitrogens is 1. The van der Waals surface area contributed by atoms with Gasteiger partial charge in [0.2, 0.25) is 0 Å². The van der Waals surface area contributed by atoms with Gasteiger partial charge >= 0.3 is 6.18 Å². The molecule has 86 valence electrons. The molecule has 0 unspecified atom stereocenters. The van der Waals surface area contributed by atoms with E-state index in [1.54, 1.807) is 6.07 Å². The van der Waals surface area contributed by atoms with Crippen LogP contribution in [0.3, 0.4) is 0 Å². The largest absolute Gasteiger partial charge is 0.416 e. The Bertz CT molecular complexity index is 576. The molecule has 1 N–H and O–H groups in total. The molecule has 1 heterocycles. The average molecular weight is 236 g/mol. The summed E-state index contributed by atoms with van der Waals surface area (Å²) in [5.41, 5.74) is 0.609. The highest BCUT2D eigenvalue weighted by molar-refractivity contribution is 5.65. The zero-order chi connectivity index (χ0) is 12.5. The van der Waals surface area contributed by atoms with Crippen LogP contribution in [0.1, 0.15) is 11.3 Å². The number of aromatic amines is 1. The Morgan fingerprint density at radius 2 is 1.88 bits per heavy atom. The lowest BCUT2D eigenvalue weighted by molar-refractivity contribution is -0.137. The summed E-state index contributed by atoms with van der Waals surface area (Å²) in [6, 6.07) is 8.38. The maximum Gasteiger partial charge on any atom is 0.416 e. The van der Waals surface area contributed by atoms with Crippen LogP contribution in [0.5, 0.6) is 0 Å². The van der Waals surface area contributed by atoms with Crippen molar-refractivity contribution in [2.75, 3.05) is 0 Å². The summed E-state index contributed by atoms with van der Waals surface area (Å²) in [6.07, 6.45) is -2.85. The molecule has 5 heteroatoms. The normalized spacial score (nSPS) is 11.2. The number of rotatable bonds is 1. The molecule has 0 saturated carbocycles. The fourth-order valence-electron chi connectivity index (χ4n) is 1.50. The molecular formula is C12H7F3N2. The number of nitriles is 1. The number of hydrogen-bond donors (Lipinski definition) is 1. The summed E-state index contributed by atoms with van der Waals surface area (Å²) in [6.45, 7) is 0. The highest BCUT2D eigenvalue weighted by atomic mass is 19.4. The van der Waals surface area contributed by atoms with E-state index in [4.69, 9.17) is 5.26 Å². The Morgan fingerprint density at radius 1 is 1.12 bits per heavy atom. The number of nitrogens with zero attached hydrogens (tertiary/aromatic N) is 1. The lowest BCUT2D eigenvalue weighted by Crippen LogP contribution is -2.04. The minimum Gasteiger partial charge on any atom is -0.353 e. The first kappa shape index (κ1) is 11.3. The number of hydrogen-bond acceptors (Lipinski definition) is 1. The van der Waals surface area contributed by atoms with E-state index in [-0.39, 0.29) is 0 Å². The predicted molar refractivity (Wildman–Crippen MR) is 55.9 cm³/mol. The van der Waals surface area contributed by atoms with Crippen molar-refractivity contribution in [2.45, 2.75) is 6.18 Å². The van der Waals surface area contributed by atoms with Gasteiger partial charge in [0.05, 0.1) is 5.56 Å². The smallest absolute Gasteiger partial charge is 0.353 e. The van der Waals surface area contributed by atoms with Crippen molar-refractivity contribution in [3.05, 3.63) is 47.8 Å². The van der Waals surface area contributed by atoms with Gasteiger partial charge in [0.1, 0.15) is 11.8 Å². The second-order valence-electron chi connectivity index (χ2n) is 3.49. The van der Waals surface area contributed by atoms with Crippen LogP contribution in [0.2, 0.25) is 0 Å². The van der Waals surface area contributed by atoms with Crippen LogP contribution in [0, 0.1) is 11.3 Å². The molecule has 2 nitrogen and oxygen atoms in total. The number of benzene rings is 1. The van der Waals surface area contributed by atoms with E-state index >= 15 is 0 Å². The molecule has 0 saturated heterocycles. The SMILES string of the molecule is N#Cc1cc(-c2cccc(C(F)(F)F)c2)c[nH]1. The molecule has 0 bridgehead atoms.